The van der Waals surface area contributed by atoms with Crippen LogP contribution in [0.5, 0.6) is 0 Å². The summed E-state index contributed by atoms with van der Waals surface area (Å²) in [4.78, 5) is 21.2. The summed E-state index contributed by atoms with van der Waals surface area (Å²) in [5.41, 5.74) is 3.85. The number of hydrogen-bond acceptors (Lipinski definition) is 5. The van der Waals surface area contributed by atoms with Crippen molar-refractivity contribution in [2.45, 2.75) is 39.0 Å². The van der Waals surface area contributed by atoms with Crippen LogP contribution in [0.3, 0.4) is 0 Å². The van der Waals surface area contributed by atoms with Gasteiger partial charge in [-0.3, -0.25) is 9.78 Å². The first kappa shape index (κ1) is 25.4. The van der Waals surface area contributed by atoms with Gasteiger partial charge in [-0.25, -0.2) is 4.98 Å². The number of benzene rings is 1. The van der Waals surface area contributed by atoms with Crippen molar-refractivity contribution in [1.29, 1.82) is 0 Å². The fraction of sp³-hybridized carbons (Fsp3) is 0.393. The van der Waals surface area contributed by atoms with Gasteiger partial charge in [0.1, 0.15) is 5.69 Å². The molecule has 0 radical (unpaired) electrons. The molecule has 7 nitrogen and oxygen atoms in total. The summed E-state index contributed by atoms with van der Waals surface area (Å²) in [6.45, 7) is 6.73. The van der Waals surface area contributed by atoms with Gasteiger partial charge in [-0.1, -0.05) is 6.07 Å². The molecule has 0 spiro atoms. The Morgan fingerprint density at radius 2 is 2.05 bits per heavy atom. The fourth-order valence-corrected chi connectivity index (χ4v) is 5.39. The van der Waals surface area contributed by atoms with Crippen LogP contribution >= 0.6 is 0 Å². The highest BCUT2D eigenvalue weighted by atomic mass is 19.3. The van der Waals surface area contributed by atoms with E-state index in [2.05, 4.69) is 21.4 Å². The normalized spacial score (nSPS) is 23.2. The van der Waals surface area contributed by atoms with Crippen molar-refractivity contribution >= 4 is 17.4 Å². The van der Waals surface area contributed by atoms with Crippen molar-refractivity contribution < 1.29 is 18.3 Å². The second-order valence-corrected chi connectivity index (χ2v) is 10.1. The van der Waals surface area contributed by atoms with E-state index in [4.69, 9.17) is 4.74 Å². The second kappa shape index (κ2) is 9.55. The summed E-state index contributed by atoms with van der Waals surface area (Å²) in [7, 11) is 0. The van der Waals surface area contributed by atoms with E-state index in [1.165, 1.54) is 12.3 Å². The van der Waals surface area contributed by atoms with E-state index in [0.717, 1.165) is 41.7 Å². The summed E-state index contributed by atoms with van der Waals surface area (Å²) < 4.78 is 32.6. The number of hydrogen-bond donors (Lipinski definition) is 1. The van der Waals surface area contributed by atoms with Crippen LogP contribution in [0, 0.1) is 18.0 Å². The number of ether oxygens (including phenoxy) is 1. The third-order valence-electron chi connectivity index (χ3n) is 7.47. The zero-order valence-electron chi connectivity index (χ0n) is 21.1. The first-order valence-corrected chi connectivity index (χ1v) is 12.5. The van der Waals surface area contributed by atoms with Gasteiger partial charge >= 0.3 is 0 Å². The van der Waals surface area contributed by atoms with E-state index in [1.54, 1.807) is 12.3 Å². The van der Waals surface area contributed by atoms with Crippen molar-refractivity contribution in [3.8, 4) is 11.1 Å². The number of amides is 1. The van der Waals surface area contributed by atoms with Crippen LogP contribution in [0.2, 0.25) is 0 Å². The van der Waals surface area contributed by atoms with E-state index in [-0.39, 0.29) is 17.4 Å². The van der Waals surface area contributed by atoms with Crippen molar-refractivity contribution in [2.75, 3.05) is 31.6 Å². The molecule has 1 aromatic carbocycles. The molecule has 4 heterocycles. The third kappa shape index (κ3) is 4.86. The van der Waals surface area contributed by atoms with Gasteiger partial charge in [-0.05, 0) is 61.7 Å². The number of aryl methyl sites for hydroxylation is 1. The number of carbonyl (C=O) groups is 1. The standard InChI is InChI=1S/C28H30F2N4O3/c1-4-34(36)15-20-16-37-10-8-22(20)24-11-19(14-32-26(24)34)23-13-21(6-5-17(23)2)33-27(35)18-7-9-31-25(12-18)28(3,29)30/h5-7,9,11-14,20,22H,4,8,10,15-16H2,1-3H3,(H,33,35)/t20-,22+,34?/m1/s1. The minimum absolute atomic E-state index is 0.0961. The number of nitrogens with one attached hydrogen (secondary N) is 1. The van der Waals surface area contributed by atoms with E-state index < -0.39 is 22.2 Å². The molecule has 3 aromatic rings. The zero-order chi connectivity index (χ0) is 26.4. The van der Waals surface area contributed by atoms with Crippen LogP contribution in [-0.4, -0.2) is 42.2 Å². The number of fused-ring (bicyclic) bond motifs is 3. The number of rotatable bonds is 5. The van der Waals surface area contributed by atoms with Gasteiger partial charge in [0, 0.05) is 60.1 Å². The minimum atomic E-state index is -3.14. The molecule has 3 atom stereocenters. The molecule has 0 aliphatic carbocycles. The van der Waals surface area contributed by atoms with Crippen molar-refractivity contribution in [1.82, 2.24) is 14.6 Å². The third-order valence-corrected chi connectivity index (χ3v) is 7.47. The molecule has 2 aliphatic rings. The molecule has 2 aliphatic heterocycles. The molecular formula is C28H30F2N4O3. The first-order valence-electron chi connectivity index (χ1n) is 12.5. The maximum atomic E-state index is 13.7. The lowest BCUT2D eigenvalue weighted by molar-refractivity contribution is 0.0127. The number of nitrogens with zero attached hydrogens (tertiary/aromatic N) is 3. The molecule has 37 heavy (non-hydrogen) atoms. The summed E-state index contributed by atoms with van der Waals surface area (Å²) >= 11 is 0. The number of anilines is 1. The Hall–Kier alpha value is -3.27. The molecule has 1 unspecified atom stereocenters. The predicted molar refractivity (Wildman–Crippen MR) is 138 cm³/mol. The summed E-state index contributed by atoms with van der Waals surface area (Å²) in [5, 5.41) is 16.4. The van der Waals surface area contributed by atoms with E-state index in [1.807, 2.05) is 26.0 Å². The molecule has 2 aromatic heterocycles. The van der Waals surface area contributed by atoms with Gasteiger partial charge < -0.3 is 19.9 Å². The fourth-order valence-electron chi connectivity index (χ4n) is 5.39. The van der Waals surface area contributed by atoms with Gasteiger partial charge in [0.2, 0.25) is 5.82 Å². The van der Waals surface area contributed by atoms with Gasteiger partial charge in [-0.15, -0.1) is 0 Å². The molecule has 1 amide bonds. The molecule has 1 saturated heterocycles. The van der Waals surface area contributed by atoms with E-state index >= 15 is 0 Å². The monoisotopic (exact) mass is 508 g/mol. The van der Waals surface area contributed by atoms with Crippen LogP contribution in [0.15, 0.2) is 48.8 Å². The minimum Gasteiger partial charge on any atom is -0.626 e. The highest BCUT2D eigenvalue weighted by molar-refractivity contribution is 6.04. The Morgan fingerprint density at radius 1 is 1.24 bits per heavy atom. The number of aromatic nitrogens is 2. The van der Waals surface area contributed by atoms with Gasteiger partial charge in [0.15, 0.2) is 0 Å². The summed E-state index contributed by atoms with van der Waals surface area (Å²) in [6.07, 6.45) is 3.78. The summed E-state index contributed by atoms with van der Waals surface area (Å²) in [6, 6.07) is 10.1. The van der Waals surface area contributed by atoms with Crippen LogP contribution in [0.25, 0.3) is 11.1 Å². The Balaban J connectivity index is 1.47. The second-order valence-electron chi connectivity index (χ2n) is 10.1. The number of pyridine rings is 2. The molecule has 1 fully saturated rings. The molecule has 5 rings (SSSR count). The molecule has 0 saturated carbocycles. The number of carbonyl (C=O) groups excluding carboxylic acids is 1. The van der Waals surface area contributed by atoms with Gasteiger partial charge in [0.05, 0.1) is 19.7 Å². The molecule has 1 N–H and O–H groups in total. The summed E-state index contributed by atoms with van der Waals surface area (Å²) in [5.74, 6) is -2.69. The average molecular weight is 509 g/mol. The molecule has 9 heteroatoms. The Morgan fingerprint density at radius 3 is 2.81 bits per heavy atom. The van der Waals surface area contributed by atoms with Crippen molar-refractivity contribution in [3.05, 3.63) is 76.4 Å². The first-order chi connectivity index (χ1) is 17.6. The Labute approximate surface area is 214 Å². The van der Waals surface area contributed by atoms with Crippen molar-refractivity contribution in [2.24, 2.45) is 5.92 Å². The predicted octanol–water partition coefficient (Wildman–Crippen LogP) is 5.77. The number of hydroxylamine groups is 2. The van der Waals surface area contributed by atoms with E-state index in [9.17, 15) is 18.8 Å². The number of quaternary nitrogens is 1. The van der Waals surface area contributed by atoms with Crippen LogP contribution < -0.4 is 9.96 Å². The lowest BCUT2D eigenvalue weighted by atomic mass is 9.78. The molecule has 0 bridgehead atoms. The smallest absolute Gasteiger partial charge is 0.286 e. The van der Waals surface area contributed by atoms with Crippen LogP contribution in [-0.2, 0) is 10.7 Å². The lowest BCUT2D eigenvalue weighted by Gasteiger charge is -2.50. The zero-order valence-corrected chi connectivity index (χ0v) is 21.1. The van der Waals surface area contributed by atoms with Crippen LogP contribution in [0.1, 0.15) is 53.4 Å². The van der Waals surface area contributed by atoms with E-state index in [0.29, 0.717) is 37.8 Å². The van der Waals surface area contributed by atoms with Gasteiger partial charge in [0.25, 0.3) is 11.8 Å². The topological polar surface area (TPSA) is 87.2 Å². The Bertz CT molecular complexity index is 1340. The van der Waals surface area contributed by atoms with Crippen LogP contribution in [0.4, 0.5) is 20.3 Å². The molecular weight excluding hydrogens is 478 g/mol. The maximum Gasteiger partial charge on any atom is 0.286 e. The average Bonchev–Trinajstić information content (AvgIpc) is 2.89. The lowest BCUT2D eigenvalue weighted by Crippen LogP contribution is -2.54. The number of halogens is 2. The highest BCUT2D eigenvalue weighted by Crippen LogP contribution is 2.46. The Kier molecular flexibility index (Phi) is 6.55. The van der Waals surface area contributed by atoms with Crippen molar-refractivity contribution in [3.63, 3.8) is 0 Å². The highest BCUT2D eigenvalue weighted by Gasteiger charge is 2.42. The van der Waals surface area contributed by atoms with Gasteiger partial charge in [-0.2, -0.15) is 8.78 Å². The largest absolute Gasteiger partial charge is 0.626 e. The molecule has 194 valence electrons. The number of alkyl halides is 2. The quantitative estimate of drug-likeness (QED) is 0.349. The maximum absolute atomic E-state index is 13.7. The SMILES string of the molecule is CC[N+]1([O-])C[C@@H]2COCC[C@@H]2c2cc(-c3cc(NC(=O)c4ccnc(C(C)(F)F)c4)ccc3C)cnc21.